The Kier molecular flexibility index (Phi) is 4.74. The van der Waals surface area contributed by atoms with Gasteiger partial charge >= 0.3 is 5.97 Å². The molecule has 2 aromatic carbocycles. The Morgan fingerprint density at radius 1 is 1.04 bits per heavy atom. The van der Waals surface area contributed by atoms with E-state index in [1.165, 1.54) is 0 Å². The topological polar surface area (TPSA) is 86.6 Å². The molecule has 0 saturated heterocycles. The first-order valence-electron chi connectivity index (χ1n) is 7.18. The molecule has 0 radical (unpaired) electrons. The Labute approximate surface area is 152 Å². The van der Waals surface area contributed by atoms with E-state index in [1.807, 2.05) is 0 Å². The number of aromatic carboxylic acids is 1. The molecule has 0 aliphatic rings. The van der Waals surface area contributed by atoms with E-state index in [2.05, 4.69) is 5.32 Å². The molecule has 0 saturated carbocycles. The standard InChI is InChI=1S/C18H12ClNO4S/c19-11-7-4-8-12(9-11)20-17-13(18(23)24)15(22)16(25-17)14(21)10-5-2-1-3-6-10/h1-9,20,22H,(H,23,24). The maximum atomic E-state index is 12.6. The highest BCUT2D eigenvalue weighted by Crippen LogP contribution is 2.41. The number of carbonyl (C=O) groups is 2. The number of carbonyl (C=O) groups excluding carboxylic acids is 1. The maximum absolute atomic E-state index is 12.6. The van der Waals surface area contributed by atoms with Crippen molar-refractivity contribution in [2.45, 2.75) is 0 Å². The number of carboxylic acid groups (broad SMARTS) is 1. The molecule has 0 aliphatic heterocycles. The summed E-state index contributed by atoms with van der Waals surface area (Å²) in [7, 11) is 0. The van der Waals surface area contributed by atoms with Gasteiger partial charge in [-0.2, -0.15) is 0 Å². The Bertz CT molecular complexity index is 953. The number of anilines is 2. The van der Waals surface area contributed by atoms with Crippen molar-refractivity contribution in [3.05, 3.63) is 75.6 Å². The van der Waals surface area contributed by atoms with E-state index in [1.54, 1.807) is 54.6 Å². The van der Waals surface area contributed by atoms with E-state index in [9.17, 15) is 19.8 Å². The molecule has 0 fully saturated rings. The molecular weight excluding hydrogens is 362 g/mol. The average Bonchev–Trinajstić information content (AvgIpc) is 2.91. The second-order valence-electron chi connectivity index (χ2n) is 5.12. The predicted molar refractivity (Wildman–Crippen MR) is 97.6 cm³/mol. The number of aromatic hydroxyl groups is 1. The molecule has 0 amide bonds. The van der Waals surface area contributed by atoms with Gasteiger partial charge in [0.15, 0.2) is 5.75 Å². The lowest BCUT2D eigenvalue weighted by Crippen LogP contribution is -2.01. The van der Waals surface area contributed by atoms with Gasteiger partial charge in [-0.05, 0) is 18.2 Å². The van der Waals surface area contributed by atoms with Crippen molar-refractivity contribution in [3.8, 4) is 5.75 Å². The summed E-state index contributed by atoms with van der Waals surface area (Å²) < 4.78 is 0. The van der Waals surface area contributed by atoms with Gasteiger partial charge in [0.25, 0.3) is 0 Å². The number of thiophene rings is 1. The third-order valence-electron chi connectivity index (χ3n) is 3.42. The fourth-order valence-electron chi connectivity index (χ4n) is 2.28. The minimum atomic E-state index is -1.33. The molecule has 5 nitrogen and oxygen atoms in total. The second-order valence-corrected chi connectivity index (χ2v) is 6.58. The molecule has 0 bridgehead atoms. The van der Waals surface area contributed by atoms with Crippen LogP contribution in [0.15, 0.2) is 54.6 Å². The molecule has 0 unspecified atom stereocenters. The van der Waals surface area contributed by atoms with Crippen LogP contribution in [-0.2, 0) is 0 Å². The lowest BCUT2D eigenvalue weighted by Gasteiger charge is -2.05. The van der Waals surface area contributed by atoms with Crippen molar-refractivity contribution in [3.63, 3.8) is 0 Å². The lowest BCUT2D eigenvalue weighted by molar-refractivity contribution is 0.0695. The van der Waals surface area contributed by atoms with E-state index in [-0.39, 0.29) is 15.4 Å². The predicted octanol–water partition coefficient (Wildman–Crippen LogP) is 4.78. The van der Waals surface area contributed by atoms with E-state index in [4.69, 9.17) is 11.6 Å². The van der Waals surface area contributed by atoms with Crippen LogP contribution in [0.2, 0.25) is 5.02 Å². The number of halogens is 1. The van der Waals surface area contributed by atoms with Gasteiger partial charge < -0.3 is 15.5 Å². The van der Waals surface area contributed by atoms with Crippen molar-refractivity contribution in [1.29, 1.82) is 0 Å². The van der Waals surface area contributed by atoms with Crippen LogP contribution in [0.1, 0.15) is 25.6 Å². The highest BCUT2D eigenvalue weighted by molar-refractivity contribution is 7.19. The van der Waals surface area contributed by atoms with Crippen molar-refractivity contribution in [1.82, 2.24) is 0 Å². The molecule has 126 valence electrons. The fraction of sp³-hybridized carbons (Fsp3) is 0. The maximum Gasteiger partial charge on any atom is 0.342 e. The SMILES string of the molecule is O=C(c1ccccc1)c1sc(Nc2cccc(Cl)c2)c(C(=O)O)c1O. The van der Waals surface area contributed by atoms with Gasteiger partial charge in [0.1, 0.15) is 15.4 Å². The molecule has 3 aromatic rings. The van der Waals surface area contributed by atoms with Gasteiger partial charge in [0.2, 0.25) is 5.78 Å². The molecule has 7 heteroatoms. The average molecular weight is 374 g/mol. The van der Waals surface area contributed by atoms with Gasteiger partial charge in [-0.3, -0.25) is 4.79 Å². The van der Waals surface area contributed by atoms with Crippen molar-refractivity contribution in [2.24, 2.45) is 0 Å². The Morgan fingerprint density at radius 2 is 1.76 bits per heavy atom. The van der Waals surface area contributed by atoms with E-state index >= 15 is 0 Å². The van der Waals surface area contributed by atoms with Crippen LogP contribution < -0.4 is 5.32 Å². The molecule has 1 aromatic heterocycles. The van der Waals surface area contributed by atoms with Gasteiger partial charge in [0, 0.05) is 16.3 Å². The highest BCUT2D eigenvalue weighted by Gasteiger charge is 2.27. The van der Waals surface area contributed by atoms with E-state index in [0.717, 1.165) is 11.3 Å². The summed E-state index contributed by atoms with van der Waals surface area (Å²) in [4.78, 5) is 24.1. The van der Waals surface area contributed by atoms with Crippen LogP contribution in [0.3, 0.4) is 0 Å². The minimum Gasteiger partial charge on any atom is -0.505 e. The minimum absolute atomic E-state index is 0.0341. The van der Waals surface area contributed by atoms with Crippen molar-refractivity contribution in [2.75, 3.05) is 5.32 Å². The van der Waals surface area contributed by atoms with Crippen LogP contribution in [0.5, 0.6) is 5.75 Å². The summed E-state index contributed by atoms with van der Waals surface area (Å²) >= 11 is 6.81. The highest BCUT2D eigenvalue weighted by atomic mass is 35.5. The van der Waals surface area contributed by atoms with Crippen molar-refractivity contribution < 1.29 is 19.8 Å². The van der Waals surface area contributed by atoms with Crippen LogP contribution in [0, 0.1) is 0 Å². The smallest absolute Gasteiger partial charge is 0.342 e. The summed E-state index contributed by atoms with van der Waals surface area (Å²) in [5.74, 6) is -2.31. The quantitative estimate of drug-likeness (QED) is 0.560. The van der Waals surface area contributed by atoms with E-state index < -0.39 is 17.5 Å². The zero-order chi connectivity index (χ0) is 18.0. The van der Waals surface area contributed by atoms with Crippen LogP contribution >= 0.6 is 22.9 Å². The number of nitrogens with one attached hydrogen (secondary N) is 1. The molecule has 0 atom stereocenters. The summed E-state index contributed by atoms with van der Waals surface area (Å²) in [6.07, 6.45) is 0. The van der Waals surface area contributed by atoms with E-state index in [0.29, 0.717) is 16.3 Å². The van der Waals surface area contributed by atoms with Gasteiger partial charge in [0.05, 0.1) is 0 Å². The first kappa shape index (κ1) is 17.0. The van der Waals surface area contributed by atoms with Crippen LogP contribution in [-0.4, -0.2) is 22.0 Å². The van der Waals surface area contributed by atoms with Gasteiger partial charge in [-0.25, -0.2) is 4.79 Å². The third-order valence-corrected chi connectivity index (χ3v) is 4.75. The first-order chi connectivity index (χ1) is 12.0. The number of hydrogen-bond acceptors (Lipinski definition) is 5. The first-order valence-corrected chi connectivity index (χ1v) is 8.38. The zero-order valence-corrected chi connectivity index (χ0v) is 14.3. The fourth-order valence-corrected chi connectivity index (χ4v) is 3.54. The number of carboxylic acids is 1. The molecule has 1 heterocycles. The zero-order valence-electron chi connectivity index (χ0n) is 12.7. The van der Waals surface area contributed by atoms with Crippen molar-refractivity contribution >= 4 is 45.4 Å². The van der Waals surface area contributed by atoms with Gasteiger partial charge in [-0.1, -0.05) is 48.0 Å². The summed E-state index contributed by atoms with van der Waals surface area (Å²) in [5, 5.41) is 23.2. The number of ketones is 1. The Balaban J connectivity index is 2.04. The molecule has 0 aliphatic carbocycles. The number of rotatable bonds is 5. The number of benzene rings is 2. The monoisotopic (exact) mass is 373 g/mol. The lowest BCUT2D eigenvalue weighted by atomic mass is 10.1. The summed E-state index contributed by atoms with van der Waals surface area (Å²) in [5.41, 5.74) is 0.574. The summed E-state index contributed by atoms with van der Waals surface area (Å²) in [6.45, 7) is 0. The second kappa shape index (κ2) is 6.96. The molecular formula is C18H12ClNO4S. The van der Waals surface area contributed by atoms with Crippen LogP contribution in [0.4, 0.5) is 10.7 Å². The molecule has 3 rings (SSSR count). The Morgan fingerprint density at radius 3 is 2.40 bits per heavy atom. The summed E-state index contributed by atoms with van der Waals surface area (Å²) in [6, 6.07) is 15.1. The Hall–Kier alpha value is -2.83. The van der Waals surface area contributed by atoms with Crippen LogP contribution in [0.25, 0.3) is 0 Å². The third kappa shape index (κ3) is 3.50. The molecule has 0 spiro atoms. The largest absolute Gasteiger partial charge is 0.505 e. The normalized spacial score (nSPS) is 10.4. The van der Waals surface area contributed by atoms with Gasteiger partial charge in [-0.15, -0.1) is 11.3 Å². The molecule has 3 N–H and O–H groups in total. The molecule has 25 heavy (non-hydrogen) atoms. The number of hydrogen-bond donors (Lipinski definition) is 3.